The van der Waals surface area contributed by atoms with Crippen LogP contribution in [0.1, 0.15) is 58.6 Å². The Morgan fingerprint density at radius 3 is 2.61 bits per heavy atom. The summed E-state index contributed by atoms with van der Waals surface area (Å²) in [6.07, 6.45) is 3.27. The normalized spacial score (nSPS) is 15.2. The number of para-hydroxylation sites is 1. The van der Waals surface area contributed by atoms with Gasteiger partial charge in [-0.2, -0.15) is 0 Å². The highest BCUT2D eigenvalue weighted by atomic mass is 16.6. The van der Waals surface area contributed by atoms with Crippen LogP contribution < -0.4 is 11.0 Å². The Labute approximate surface area is 193 Å². The van der Waals surface area contributed by atoms with Crippen LogP contribution in [0.2, 0.25) is 0 Å². The van der Waals surface area contributed by atoms with Crippen molar-refractivity contribution in [3.05, 3.63) is 40.3 Å². The molecule has 0 fully saturated rings. The smallest absolute Gasteiger partial charge is 0.410 e. The summed E-state index contributed by atoms with van der Waals surface area (Å²) in [4.78, 5) is 49.2. The molecule has 0 bridgehead atoms. The summed E-state index contributed by atoms with van der Waals surface area (Å²) < 4.78 is 8.80. The molecule has 0 spiro atoms. The number of nitrogens with one attached hydrogen (secondary N) is 1. The minimum atomic E-state index is -0.543. The minimum Gasteiger partial charge on any atom is -0.444 e. The Balaban J connectivity index is 1.88. The van der Waals surface area contributed by atoms with E-state index >= 15 is 0 Å². The molecule has 1 aliphatic heterocycles. The first-order chi connectivity index (χ1) is 15.5. The highest BCUT2D eigenvalue weighted by Gasteiger charge is 2.25. The van der Waals surface area contributed by atoms with Crippen LogP contribution in [0.4, 0.5) is 4.79 Å². The average Bonchev–Trinajstić information content (AvgIpc) is 3.01. The van der Waals surface area contributed by atoms with Crippen molar-refractivity contribution >= 4 is 35.0 Å². The maximum atomic E-state index is 13.1. The largest absolute Gasteiger partial charge is 0.444 e. The number of carbonyl (C=O) groups excluding carboxylic acids is 3. The molecule has 0 aliphatic carbocycles. The lowest BCUT2D eigenvalue weighted by Gasteiger charge is -2.29. The maximum absolute atomic E-state index is 13.1. The zero-order valence-corrected chi connectivity index (χ0v) is 19.9. The van der Waals surface area contributed by atoms with E-state index in [2.05, 4.69) is 5.32 Å². The second kappa shape index (κ2) is 9.64. The van der Waals surface area contributed by atoms with Gasteiger partial charge in [-0.15, -0.1) is 0 Å². The van der Waals surface area contributed by atoms with Crippen molar-refractivity contribution in [2.45, 2.75) is 58.6 Å². The van der Waals surface area contributed by atoms with E-state index in [1.165, 1.54) is 0 Å². The molecule has 33 heavy (non-hydrogen) atoms. The number of amides is 3. The molecule has 1 unspecified atom stereocenters. The summed E-state index contributed by atoms with van der Waals surface area (Å²) >= 11 is 0. The van der Waals surface area contributed by atoms with Gasteiger partial charge in [-0.25, -0.2) is 9.59 Å². The monoisotopic (exact) mass is 456 g/mol. The molecule has 2 aromatic rings. The van der Waals surface area contributed by atoms with Crippen molar-refractivity contribution in [3.8, 4) is 0 Å². The van der Waals surface area contributed by atoms with E-state index in [0.29, 0.717) is 32.3 Å². The van der Waals surface area contributed by atoms with Crippen molar-refractivity contribution in [3.63, 3.8) is 0 Å². The number of nitrogens with zero attached hydrogens (tertiary/aromatic N) is 3. The van der Waals surface area contributed by atoms with Crippen LogP contribution in [0, 0.1) is 0 Å². The molecule has 1 aromatic carbocycles. The Morgan fingerprint density at radius 2 is 2.00 bits per heavy atom. The molecule has 1 N–H and O–H groups in total. The molecule has 0 saturated carbocycles. The maximum Gasteiger partial charge on any atom is 0.410 e. The third-order valence-corrected chi connectivity index (χ3v) is 5.76. The van der Waals surface area contributed by atoms with E-state index in [1.54, 1.807) is 21.1 Å². The van der Waals surface area contributed by atoms with Crippen molar-refractivity contribution in [2.75, 3.05) is 13.1 Å². The molecular formula is C24H32N4O5. The quantitative estimate of drug-likeness (QED) is 0.673. The molecule has 3 amide bonds. The summed E-state index contributed by atoms with van der Waals surface area (Å²) in [6, 6.07) is 5.58. The summed E-state index contributed by atoms with van der Waals surface area (Å²) in [7, 11) is 1.74. The average molecular weight is 457 g/mol. The third-order valence-electron chi connectivity index (χ3n) is 5.76. The summed E-state index contributed by atoms with van der Waals surface area (Å²) in [5.74, 6) is -0.368. The van der Waals surface area contributed by atoms with Crippen LogP contribution in [-0.2, 0) is 21.4 Å². The highest BCUT2D eigenvalue weighted by Crippen LogP contribution is 2.30. The lowest BCUT2D eigenvalue weighted by atomic mass is 9.98. The molecule has 9 heteroatoms. The number of carbonyl (C=O) groups is 3. The van der Waals surface area contributed by atoms with Gasteiger partial charge in [0.2, 0.25) is 12.3 Å². The van der Waals surface area contributed by atoms with Gasteiger partial charge in [0.25, 0.3) is 0 Å². The van der Waals surface area contributed by atoms with Crippen molar-refractivity contribution in [2.24, 2.45) is 7.05 Å². The number of aryl methyl sites for hydroxylation is 1. The number of ether oxygens (including phenoxy) is 1. The van der Waals surface area contributed by atoms with E-state index in [4.69, 9.17) is 4.74 Å². The molecule has 178 valence electrons. The molecule has 0 radical (unpaired) electrons. The van der Waals surface area contributed by atoms with Gasteiger partial charge in [-0.05, 0) is 52.2 Å². The number of imidazole rings is 1. The summed E-state index contributed by atoms with van der Waals surface area (Å²) in [6.45, 7) is 8.40. The number of aromatic nitrogens is 2. The van der Waals surface area contributed by atoms with Crippen LogP contribution in [0.25, 0.3) is 16.6 Å². The molecule has 1 aromatic heterocycles. The number of benzene rings is 1. The van der Waals surface area contributed by atoms with Gasteiger partial charge in [-0.3, -0.25) is 24.0 Å². The number of imide groups is 1. The van der Waals surface area contributed by atoms with Gasteiger partial charge >= 0.3 is 11.8 Å². The van der Waals surface area contributed by atoms with Crippen LogP contribution in [0.15, 0.2) is 29.1 Å². The third kappa shape index (κ3) is 5.35. The lowest BCUT2D eigenvalue weighted by molar-refractivity contribution is -0.125. The van der Waals surface area contributed by atoms with E-state index in [9.17, 15) is 19.2 Å². The zero-order chi connectivity index (χ0) is 24.3. The van der Waals surface area contributed by atoms with Gasteiger partial charge in [0, 0.05) is 38.2 Å². The van der Waals surface area contributed by atoms with Crippen LogP contribution >= 0.6 is 0 Å². The number of fused-ring (bicyclic) bond motifs is 1. The van der Waals surface area contributed by atoms with Gasteiger partial charge in [-0.1, -0.05) is 18.2 Å². The first kappa shape index (κ1) is 24.3. The number of hydrogen-bond acceptors (Lipinski definition) is 5. The topological polar surface area (TPSA) is 103 Å². The standard InChI is InChI=1S/C24H32N4O5/c1-16(9-10-20(30)25-15-29)28-19-8-6-7-18(21(19)26(5)22(28)31)17-11-13-27(14-12-17)23(32)33-24(2,3)4/h6-8,11,15-16H,9-10,12-14H2,1-5H3,(H,25,29,30). The first-order valence-corrected chi connectivity index (χ1v) is 11.1. The Hall–Kier alpha value is -3.36. The summed E-state index contributed by atoms with van der Waals surface area (Å²) in [5.41, 5.74) is 2.94. The van der Waals surface area contributed by atoms with Crippen molar-refractivity contribution in [1.29, 1.82) is 0 Å². The first-order valence-electron chi connectivity index (χ1n) is 11.1. The molecule has 3 rings (SSSR count). The fraction of sp³-hybridized carbons (Fsp3) is 0.500. The minimum absolute atomic E-state index is 0.147. The predicted molar refractivity (Wildman–Crippen MR) is 126 cm³/mol. The zero-order valence-electron chi connectivity index (χ0n) is 19.9. The fourth-order valence-electron chi connectivity index (χ4n) is 4.14. The second-order valence-electron chi connectivity index (χ2n) is 9.36. The van der Waals surface area contributed by atoms with Gasteiger partial charge in [0.1, 0.15) is 5.60 Å². The summed E-state index contributed by atoms with van der Waals surface area (Å²) in [5, 5.41) is 2.13. The van der Waals surface area contributed by atoms with Crippen molar-refractivity contribution in [1.82, 2.24) is 19.4 Å². The fourth-order valence-corrected chi connectivity index (χ4v) is 4.14. The Kier molecular flexibility index (Phi) is 7.09. The molecule has 1 aliphatic rings. The van der Waals surface area contributed by atoms with E-state index in [0.717, 1.165) is 22.2 Å². The predicted octanol–water partition coefficient (Wildman–Crippen LogP) is 2.98. The Bertz CT molecular complexity index is 1150. The molecule has 0 saturated heterocycles. The van der Waals surface area contributed by atoms with Gasteiger partial charge in [0.15, 0.2) is 0 Å². The van der Waals surface area contributed by atoms with Crippen LogP contribution in [0.5, 0.6) is 0 Å². The van der Waals surface area contributed by atoms with E-state index in [1.807, 2.05) is 52.0 Å². The highest BCUT2D eigenvalue weighted by molar-refractivity contribution is 5.90. The van der Waals surface area contributed by atoms with Crippen LogP contribution in [-0.4, -0.2) is 51.1 Å². The lowest BCUT2D eigenvalue weighted by Crippen LogP contribution is -2.39. The molecule has 2 heterocycles. The number of hydrogen-bond donors (Lipinski definition) is 1. The Morgan fingerprint density at radius 1 is 1.27 bits per heavy atom. The molecule has 9 nitrogen and oxygen atoms in total. The molecular weight excluding hydrogens is 424 g/mol. The van der Waals surface area contributed by atoms with Gasteiger partial charge < -0.3 is 9.64 Å². The van der Waals surface area contributed by atoms with E-state index < -0.39 is 5.60 Å². The number of rotatable bonds is 6. The molecule has 1 atom stereocenters. The van der Waals surface area contributed by atoms with Crippen LogP contribution in [0.3, 0.4) is 0 Å². The SMILES string of the molecule is CC(CCC(=O)NC=O)n1c(=O)n(C)c2c(C3=CCN(C(=O)OC(C)(C)C)CC3)cccc21. The van der Waals surface area contributed by atoms with Crippen molar-refractivity contribution < 1.29 is 19.1 Å². The van der Waals surface area contributed by atoms with Gasteiger partial charge in [0.05, 0.1) is 11.0 Å². The second-order valence-corrected chi connectivity index (χ2v) is 9.36. The van der Waals surface area contributed by atoms with E-state index in [-0.39, 0.29) is 30.2 Å².